The Morgan fingerprint density at radius 1 is 1.50 bits per heavy atom. The van der Waals surface area contributed by atoms with Gasteiger partial charge < -0.3 is 15.4 Å². The highest BCUT2D eigenvalue weighted by molar-refractivity contribution is 6.04. The van der Waals surface area contributed by atoms with Crippen LogP contribution in [0.5, 0.6) is 0 Å². The van der Waals surface area contributed by atoms with Crippen molar-refractivity contribution in [3.63, 3.8) is 0 Å². The maximum atomic E-state index is 12.1. The Hall–Kier alpha value is -2.41. The molecule has 0 radical (unpaired) electrons. The lowest BCUT2D eigenvalue weighted by Crippen LogP contribution is -2.12. The Balaban J connectivity index is 2.01. The SMILES string of the molecule is CNc1cc(C(=O)Nc2cnn(CCOC)c2)ccn1. The van der Waals surface area contributed by atoms with E-state index in [1.165, 1.54) is 0 Å². The van der Waals surface area contributed by atoms with Crippen molar-refractivity contribution < 1.29 is 9.53 Å². The summed E-state index contributed by atoms with van der Waals surface area (Å²) in [6, 6.07) is 3.34. The Labute approximate surface area is 117 Å². The molecular weight excluding hydrogens is 258 g/mol. The number of methoxy groups -OCH3 is 1. The van der Waals surface area contributed by atoms with Crippen molar-refractivity contribution in [2.24, 2.45) is 0 Å². The number of hydrogen-bond donors (Lipinski definition) is 2. The molecule has 0 bridgehead atoms. The van der Waals surface area contributed by atoms with Crippen LogP contribution in [0.4, 0.5) is 11.5 Å². The third kappa shape index (κ3) is 3.55. The quantitative estimate of drug-likeness (QED) is 0.828. The molecule has 0 aromatic carbocycles. The molecule has 0 saturated heterocycles. The molecule has 2 aromatic heterocycles. The number of ether oxygens (including phenoxy) is 1. The number of aromatic nitrogens is 3. The molecule has 0 fully saturated rings. The van der Waals surface area contributed by atoms with E-state index in [0.717, 1.165) is 0 Å². The first-order chi connectivity index (χ1) is 9.72. The van der Waals surface area contributed by atoms with Crippen LogP contribution in [0.1, 0.15) is 10.4 Å². The second kappa shape index (κ2) is 6.67. The molecule has 0 aliphatic rings. The largest absolute Gasteiger partial charge is 0.383 e. The fraction of sp³-hybridized carbons (Fsp3) is 0.308. The van der Waals surface area contributed by atoms with Crippen molar-refractivity contribution in [3.05, 3.63) is 36.3 Å². The zero-order chi connectivity index (χ0) is 14.4. The Kier molecular flexibility index (Phi) is 4.67. The molecule has 106 valence electrons. The second-order valence-electron chi connectivity index (χ2n) is 4.12. The van der Waals surface area contributed by atoms with Crippen LogP contribution in [0, 0.1) is 0 Å². The van der Waals surface area contributed by atoms with Gasteiger partial charge in [0.1, 0.15) is 5.82 Å². The third-order valence-electron chi connectivity index (χ3n) is 2.69. The standard InChI is InChI=1S/C13H17N5O2/c1-14-12-7-10(3-4-15-12)13(19)17-11-8-16-18(9-11)5-6-20-2/h3-4,7-9H,5-6H2,1-2H3,(H,14,15)(H,17,19). The van der Waals surface area contributed by atoms with Gasteiger partial charge in [0.05, 0.1) is 25.0 Å². The van der Waals surface area contributed by atoms with Gasteiger partial charge in [-0.15, -0.1) is 0 Å². The molecule has 2 aromatic rings. The van der Waals surface area contributed by atoms with E-state index in [2.05, 4.69) is 20.7 Å². The van der Waals surface area contributed by atoms with E-state index in [-0.39, 0.29) is 5.91 Å². The first kappa shape index (κ1) is 14.0. The fourth-order valence-corrected chi connectivity index (χ4v) is 1.65. The summed E-state index contributed by atoms with van der Waals surface area (Å²) in [5.74, 6) is 0.448. The predicted molar refractivity (Wildman–Crippen MR) is 75.8 cm³/mol. The van der Waals surface area contributed by atoms with E-state index in [1.54, 1.807) is 49.6 Å². The van der Waals surface area contributed by atoms with Crippen LogP contribution in [-0.4, -0.2) is 41.4 Å². The second-order valence-corrected chi connectivity index (χ2v) is 4.12. The summed E-state index contributed by atoms with van der Waals surface area (Å²) in [5.41, 5.74) is 1.18. The van der Waals surface area contributed by atoms with Gasteiger partial charge in [-0.05, 0) is 12.1 Å². The lowest BCUT2D eigenvalue weighted by atomic mass is 10.2. The van der Waals surface area contributed by atoms with E-state index in [4.69, 9.17) is 4.74 Å². The van der Waals surface area contributed by atoms with Crippen molar-refractivity contribution in [2.75, 3.05) is 31.4 Å². The zero-order valence-electron chi connectivity index (χ0n) is 11.5. The molecule has 2 heterocycles. The van der Waals surface area contributed by atoms with Crippen LogP contribution in [-0.2, 0) is 11.3 Å². The molecular formula is C13H17N5O2. The number of nitrogens with zero attached hydrogens (tertiary/aromatic N) is 3. The third-order valence-corrected chi connectivity index (χ3v) is 2.69. The molecule has 7 heteroatoms. The summed E-state index contributed by atoms with van der Waals surface area (Å²) in [4.78, 5) is 16.1. The molecule has 7 nitrogen and oxygen atoms in total. The van der Waals surface area contributed by atoms with Crippen molar-refractivity contribution in [1.82, 2.24) is 14.8 Å². The lowest BCUT2D eigenvalue weighted by Gasteiger charge is -2.04. The van der Waals surface area contributed by atoms with E-state index in [1.807, 2.05) is 0 Å². The van der Waals surface area contributed by atoms with Crippen LogP contribution in [0.25, 0.3) is 0 Å². The molecule has 2 N–H and O–H groups in total. The first-order valence-corrected chi connectivity index (χ1v) is 6.19. The van der Waals surface area contributed by atoms with Gasteiger partial charge in [-0.1, -0.05) is 0 Å². The summed E-state index contributed by atoms with van der Waals surface area (Å²) in [6.07, 6.45) is 4.95. The smallest absolute Gasteiger partial charge is 0.255 e. The molecule has 2 rings (SSSR count). The van der Waals surface area contributed by atoms with Gasteiger partial charge in [0.25, 0.3) is 5.91 Å². The van der Waals surface area contributed by atoms with Crippen LogP contribution >= 0.6 is 0 Å². The maximum Gasteiger partial charge on any atom is 0.255 e. The Morgan fingerprint density at radius 2 is 2.35 bits per heavy atom. The summed E-state index contributed by atoms with van der Waals surface area (Å²) in [6.45, 7) is 1.22. The summed E-state index contributed by atoms with van der Waals surface area (Å²) in [7, 11) is 3.39. The highest BCUT2D eigenvalue weighted by atomic mass is 16.5. The number of carbonyl (C=O) groups is 1. The fourth-order valence-electron chi connectivity index (χ4n) is 1.65. The monoisotopic (exact) mass is 275 g/mol. The average molecular weight is 275 g/mol. The van der Waals surface area contributed by atoms with E-state index in [9.17, 15) is 4.79 Å². The molecule has 0 unspecified atom stereocenters. The van der Waals surface area contributed by atoms with E-state index >= 15 is 0 Å². The average Bonchev–Trinajstić information content (AvgIpc) is 2.92. The maximum absolute atomic E-state index is 12.1. The lowest BCUT2D eigenvalue weighted by molar-refractivity contribution is 0.102. The number of amides is 1. The number of anilines is 2. The number of carbonyl (C=O) groups excluding carboxylic acids is 1. The number of rotatable bonds is 6. The minimum atomic E-state index is -0.199. The van der Waals surface area contributed by atoms with Gasteiger partial charge >= 0.3 is 0 Å². The van der Waals surface area contributed by atoms with Crippen LogP contribution < -0.4 is 10.6 Å². The zero-order valence-corrected chi connectivity index (χ0v) is 11.5. The van der Waals surface area contributed by atoms with Crippen LogP contribution in [0.15, 0.2) is 30.7 Å². The minimum absolute atomic E-state index is 0.199. The minimum Gasteiger partial charge on any atom is -0.383 e. The van der Waals surface area contributed by atoms with Gasteiger partial charge in [-0.2, -0.15) is 5.10 Å². The van der Waals surface area contributed by atoms with Crippen LogP contribution in [0.2, 0.25) is 0 Å². The topological polar surface area (TPSA) is 81.1 Å². The van der Waals surface area contributed by atoms with E-state index < -0.39 is 0 Å². The molecule has 0 aliphatic heterocycles. The molecule has 1 amide bonds. The van der Waals surface area contributed by atoms with Crippen LogP contribution in [0.3, 0.4) is 0 Å². The Bertz CT molecular complexity index is 582. The van der Waals surface area contributed by atoms with Crippen molar-refractivity contribution >= 4 is 17.4 Å². The van der Waals surface area contributed by atoms with Gasteiger partial charge in [-0.25, -0.2) is 4.98 Å². The first-order valence-electron chi connectivity index (χ1n) is 6.19. The van der Waals surface area contributed by atoms with Gasteiger partial charge in [0.2, 0.25) is 0 Å². The molecule has 0 spiro atoms. The predicted octanol–water partition coefficient (Wildman–Crippen LogP) is 1.22. The summed E-state index contributed by atoms with van der Waals surface area (Å²) < 4.78 is 6.68. The Morgan fingerprint density at radius 3 is 3.10 bits per heavy atom. The summed E-state index contributed by atoms with van der Waals surface area (Å²) >= 11 is 0. The van der Waals surface area contributed by atoms with Gasteiger partial charge in [0.15, 0.2) is 0 Å². The highest BCUT2D eigenvalue weighted by Crippen LogP contribution is 2.10. The molecule has 0 saturated carbocycles. The van der Waals surface area contributed by atoms with Crippen molar-refractivity contribution in [2.45, 2.75) is 6.54 Å². The number of nitrogens with one attached hydrogen (secondary N) is 2. The van der Waals surface area contributed by atoms with Gasteiger partial charge in [0, 0.05) is 32.1 Å². The van der Waals surface area contributed by atoms with Gasteiger partial charge in [-0.3, -0.25) is 9.48 Å². The van der Waals surface area contributed by atoms with Crippen molar-refractivity contribution in [1.29, 1.82) is 0 Å². The molecule has 0 atom stereocenters. The summed E-state index contributed by atoms with van der Waals surface area (Å²) in [5, 5.41) is 9.81. The van der Waals surface area contributed by atoms with Crippen molar-refractivity contribution in [3.8, 4) is 0 Å². The molecule has 20 heavy (non-hydrogen) atoms. The number of hydrogen-bond acceptors (Lipinski definition) is 5. The highest BCUT2D eigenvalue weighted by Gasteiger charge is 2.08. The normalized spacial score (nSPS) is 10.3. The number of pyridine rings is 1. The molecule has 0 aliphatic carbocycles. The van der Waals surface area contributed by atoms with E-state index in [0.29, 0.717) is 30.2 Å².